The first kappa shape index (κ1) is 10.3. The molecule has 3 heteroatoms. The van der Waals surface area contributed by atoms with Gasteiger partial charge >= 0.3 is 0 Å². The molecule has 2 fully saturated rings. The molecule has 1 saturated carbocycles. The Morgan fingerprint density at radius 2 is 1.86 bits per heavy atom. The summed E-state index contributed by atoms with van der Waals surface area (Å²) < 4.78 is 0. The number of carbonyl (C=O) groups excluding carboxylic acids is 1. The van der Waals surface area contributed by atoms with Crippen molar-refractivity contribution in [3.63, 3.8) is 0 Å². The first-order valence-electron chi connectivity index (χ1n) is 5.70. The number of nitrogens with zero attached hydrogens (tertiary/aromatic N) is 1. The van der Waals surface area contributed by atoms with Gasteiger partial charge in [0.2, 0.25) is 5.91 Å². The van der Waals surface area contributed by atoms with E-state index in [4.69, 9.17) is 11.6 Å². The van der Waals surface area contributed by atoms with E-state index in [1.165, 1.54) is 6.42 Å². The fraction of sp³-hybridized carbons (Fsp3) is 0.909. The molecule has 1 aliphatic carbocycles. The molecule has 0 aromatic heterocycles. The first-order valence-corrected chi connectivity index (χ1v) is 6.14. The summed E-state index contributed by atoms with van der Waals surface area (Å²) >= 11 is 6.08. The Hall–Kier alpha value is -0.240. The number of hydrogen-bond acceptors (Lipinski definition) is 1. The zero-order valence-corrected chi connectivity index (χ0v) is 9.30. The Labute approximate surface area is 90.6 Å². The highest BCUT2D eigenvalue weighted by atomic mass is 35.5. The molecule has 1 atom stereocenters. The van der Waals surface area contributed by atoms with Crippen molar-refractivity contribution in [2.24, 2.45) is 5.92 Å². The predicted octanol–water partition coefficient (Wildman–Crippen LogP) is 2.41. The van der Waals surface area contributed by atoms with Gasteiger partial charge in [0.1, 0.15) is 0 Å². The number of amides is 1. The Morgan fingerprint density at radius 1 is 1.07 bits per heavy atom. The van der Waals surface area contributed by atoms with Crippen LogP contribution in [0.4, 0.5) is 0 Å². The molecule has 0 N–H and O–H groups in total. The minimum Gasteiger partial charge on any atom is -0.342 e. The second-order valence-electron chi connectivity index (χ2n) is 4.48. The lowest BCUT2D eigenvalue weighted by Crippen LogP contribution is -2.39. The molecule has 2 aliphatic rings. The van der Waals surface area contributed by atoms with Gasteiger partial charge in [-0.25, -0.2) is 0 Å². The average molecular weight is 216 g/mol. The molecule has 1 aliphatic heterocycles. The van der Waals surface area contributed by atoms with Crippen LogP contribution in [0.5, 0.6) is 0 Å². The van der Waals surface area contributed by atoms with E-state index < -0.39 is 0 Å². The number of rotatable bonds is 1. The Morgan fingerprint density at radius 3 is 2.50 bits per heavy atom. The van der Waals surface area contributed by atoms with Crippen LogP contribution in [0.3, 0.4) is 0 Å². The maximum atomic E-state index is 11.9. The van der Waals surface area contributed by atoms with E-state index in [1.807, 2.05) is 4.90 Å². The van der Waals surface area contributed by atoms with Gasteiger partial charge in [0.25, 0.3) is 0 Å². The van der Waals surface area contributed by atoms with E-state index in [1.54, 1.807) is 0 Å². The zero-order valence-electron chi connectivity index (χ0n) is 8.54. The first-order chi connectivity index (χ1) is 6.77. The van der Waals surface area contributed by atoms with E-state index in [2.05, 4.69) is 0 Å². The van der Waals surface area contributed by atoms with Crippen LogP contribution < -0.4 is 0 Å². The SMILES string of the molecule is O=C(C1CCC1)N1CCCC(Cl)CC1. The summed E-state index contributed by atoms with van der Waals surface area (Å²) in [5.41, 5.74) is 0. The molecule has 1 unspecified atom stereocenters. The second kappa shape index (κ2) is 4.52. The molecule has 2 nitrogen and oxygen atoms in total. The minimum atomic E-state index is 0.286. The van der Waals surface area contributed by atoms with Gasteiger partial charge in [-0.05, 0) is 32.1 Å². The average Bonchev–Trinajstić information content (AvgIpc) is 2.26. The molecule has 14 heavy (non-hydrogen) atoms. The molecule has 80 valence electrons. The topological polar surface area (TPSA) is 20.3 Å². The Kier molecular flexibility index (Phi) is 3.32. The van der Waals surface area contributed by atoms with E-state index >= 15 is 0 Å². The molecule has 1 amide bonds. The minimum absolute atomic E-state index is 0.286. The summed E-state index contributed by atoms with van der Waals surface area (Å²) in [4.78, 5) is 14.0. The number of carbonyl (C=O) groups is 1. The van der Waals surface area contributed by atoms with Gasteiger partial charge in [-0.3, -0.25) is 4.79 Å². The van der Waals surface area contributed by atoms with Crippen molar-refractivity contribution < 1.29 is 4.79 Å². The Balaban J connectivity index is 1.86. The van der Waals surface area contributed by atoms with Gasteiger partial charge in [0, 0.05) is 24.4 Å². The highest BCUT2D eigenvalue weighted by molar-refractivity contribution is 6.20. The highest BCUT2D eigenvalue weighted by Gasteiger charge is 2.30. The van der Waals surface area contributed by atoms with Gasteiger partial charge in [0.05, 0.1) is 0 Å². The van der Waals surface area contributed by atoms with Crippen molar-refractivity contribution in [3.8, 4) is 0 Å². The van der Waals surface area contributed by atoms with Crippen LogP contribution in [0.1, 0.15) is 38.5 Å². The third kappa shape index (κ3) is 2.22. The normalized spacial score (nSPS) is 29.5. The Bertz CT molecular complexity index is 215. The van der Waals surface area contributed by atoms with Crippen molar-refractivity contribution in [1.29, 1.82) is 0 Å². The molecule has 0 radical (unpaired) electrons. The third-order valence-electron chi connectivity index (χ3n) is 3.42. The van der Waals surface area contributed by atoms with Crippen LogP contribution >= 0.6 is 11.6 Å². The van der Waals surface area contributed by atoms with Gasteiger partial charge in [0.15, 0.2) is 0 Å². The van der Waals surface area contributed by atoms with Gasteiger partial charge < -0.3 is 4.90 Å². The zero-order chi connectivity index (χ0) is 9.97. The number of likely N-dealkylation sites (tertiary alicyclic amines) is 1. The van der Waals surface area contributed by atoms with E-state index in [9.17, 15) is 4.79 Å². The summed E-state index contributed by atoms with van der Waals surface area (Å²) in [6.07, 6.45) is 6.57. The van der Waals surface area contributed by atoms with Crippen LogP contribution in [0.2, 0.25) is 0 Å². The quantitative estimate of drug-likeness (QED) is 0.616. The summed E-state index contributed by atoms with van der Waals surface area (Å²) in [7, 11) is 0. The summed E-state index contributed by atoms with van der Waals surface area (Å²) in [6.45, 7) is 1.81. The monoisotopic (exact) mass is 215 g/mol. The lowest BCUT2D eigenvalue weighted by molar-refractivity contribution is -0.138. The van der Waals surface area contributed by atoms with Crippen LogP contribution in [0.25, 0.3) is 0 Å². The fourth-order valence-electron chi connectivity index (χ4n) is 2.19. The molecule has 1 saturated heterocycles. The van der Waals surface area contributed by atoms with Crippen molar-refractivity contribution in [3.05, 3.63) is 0 Å². The number of halogens is 1. The number of alkyl halides is 1. The van der Waals surface area contributed by atoms with Crippen molar-refractivity contribution >= 4 is 17.5 Å². The van der Waals surface area contributed by atoms with Crippen molar-refractivity contribution in [1.82, 2.24) is 4.90 Å². The summed E-state index contributed by atoms with van der Waals surface area (Å²) in [6, 6.07) is 0. The molecule has 2 rings (SSSR count). The fourth-order valence-corrected chi connectivity index (χ4v) is 2.44. The lowest BCUT2D eigenvalue weighted by Gasteiger charge is -2.30. The van der Waals surface area contributed by atoms with Crippen LogP contribution in [0.15, 0.2) is 0 Å². The third-order valence-corrected chi connectivity index (χ3v) is 3.86. The molecule has 0 aromatic carbocycles. The van der Waals surface area contributed by atoms with Gasteiger partial charge in [-0.2, -0.15) is 0 Å². The number of hydrogen-bond donors (Lipinski definition) is 0. The highest BCUT2D eigenvalue weighted by Crippen LogP contribution is 2.29. The maximum Gasteiger partial charge on any atom is 0.225 e. The van der Waals surface area contributed by atoms with Crippen LogP contribution in [0, 0.1) is 5.92 Å². The second-order valence-corrected chi connectivity index (χ2v) is 5.10. The maximum absolute atomic E-state index is 11.9. The lowest BCUT2D eigenvalue weighted by atomic mass is 9.84. The predicted molar refractivity (Wildman–Crippen MR) is 57.4 cm³/mol. The van der Waals surface area contributed by atoms with Crippen molar-refractivity contribution in [2.75, 3.05) is 13.1 Å². The molecular formula is C11H18ClNO. The largest absolute Gasteiger partial charge is 0.342 e. The molecule has 0 bridgehead atoms. The van der Waals surface area contributed by atoms with Gasteiger partial charge in [-0.1, -0.05) is 6.42 Å². The molecule has 0 aromatic rings. The smallest absolute Gasteiger partial charge is 0.225 e. The standard InChI is InChI=1S/C11H18ClNO/c12-10-5-2-7-13(8-6-10)11(14)9-3-1-4-9/h9-10H,1-8H2. The molecular weight excluding hydrogens is 198 g/mol. The van der Waals surface area contributed by atoms with E-state index in [0.29, 0.717) is 11.8 Å². The van der Waals surface area contributed by atoms with Crippen LogP contribution in [-0.4, -0.2) is 29.3 Å². The molecule has 0 spiro atoms. The summed E-state index contributed by atoms with van der Waals surface area (Å²) in [5, 5.41) is 0.286. The van der Waals surface area contributed by atoms with E-state index in [0.717, 1.165) is 45.2 Å². The van der Waals surface area contributed by atoms with Gasteiger partial charge in [-0.15, -0.1) is 11.6 Å². The van der Waals surface area contributed by atoms with Crippen molar-refractivity contribution in [2.45, 2.75) is 43.9 Å². The van der Waals surface area contributed by atoms with Crippen LogP contribution in [-0.2, 0) is 4.79 Å². The van der Waals surface area contributed by atoms with E-state index in [-0.39, 0.29) is 5.38 Å². The molecule has 1 heterocycles. The summed E-state index contributed by atoms with van der Waals surface area (Å²) in [5.74, 6) is 0.740.